The predicted molar refractivity (Wildman–Crippen MR) is 93.8 cm³/mol. The zero-order chi connectivity index (χ0) is 17.7. The molecule has 1 aliphatic rings. The molecule has 132 valence electrons. The molecule has 0 bridgehead atoms. The van der Waals surface area contributed by atoms with Crippen molar-refractivity contribution in [1.82, 2.24) is 15.5 Å². The van der Waals surface area contributed by atoms with Crippen LogP contribution >= 0.6 is 11.3 Å². The fourth-order valence-electron chi connectivity index (χ4n) is 2.62. The Labute approximate surface area is 146 Å². The lowest BCUT2D eigenvalue weighted by molar-refractivity contribution is -0.134. The van der Waals surface area contributed by atoms with Gasteiger partial charge in [0.05, 0.1) is 0 Å². The molecule has 1 saturated heterocycles. The van der Waals surface area contributed by atoms with Crippen molar-refractivity contribution < 1.29 is 14.4 Å². The molecule has 0 unspecified atom stereocenters. The van der Waals surface area contributed by atoms with Crippen molar-refractivity contribution in [3.63, 3.8) is 0 Å². The van der Waals surface area contributed by atoms with Crippen molar-refractivity contribution in [1.29, 1.82) is 0 Å². The van der Waals surface area contributed by atoms with E-state index in [4.69, 9.17) is 0 Å². The quantitative estimate of drug-likeness (QED) is 0.705. The van der Waals surface area contributed by atoms with Crippen LogP contribution in [0.3, 0.4) is 0 Å². The van der Waals surface area contributed by atoms with Gasteiger partial charge in [0, 0.05) is 11.4 Å². The highest BCUT2D eigenvalue weighted by Gasteiger charge is 2.47. The maximum Gasteiger partial charge on any atom is 0.325 e. The minimum absolute atomic E-state index is 0.230. The number of rotatable bonds is 8. The topological polar surface area (TPSA) is 78.5 Å². The smallest absolute Gasteiger partial charge is 0.325 e. The molecule has 6 nitrogen and oxygen atoms in total. The molecule has 0 saturated carbocycles. The van der Waals surface area contributed by atoms with Crippen LogP contribution in [0.15, 0.2) is 17.5 Å². The molecule has 2 heterocycles. The number of hydrogen-bond donors (Lipinski definition) is 2. The Bertz CT molecular complexity index is 600. The number of carbonyl (C=O) groups is 3. The van der Waals surface area contributed by atoms with E-state index in [1.807, 2.05) is 17.5 Å². The number of amides is 4. The van der Waals surface area contributed by atoms with E-state index >= 15 is 0 Å². The van der Waals surface area contributed by atoms with Crippen molar-refractivity contribution in [2.24, 2.45) is 5.92 Å². The van der Waals surface area contributed by atoms with Crippen molar-refractivity contribution in [2.75, 3.05) is 13.1 Å². The van der Waals surface area contributed by atoms with Crippen LogP contribution in [0.4, 0.5) is 4.79 Å². The van der Waals surface area contributed by atoms with E-state index in [0.29, 0.717) is 18.9 Å². The molecular weight excluding hydrogens is 326 g/mol. The Kier molecular flexibility index (Phi) is 5.99. The molecule has 4 amide bonds. The van der Waals surface area contributed by atoms with Crippen LogP contribution in [0.5, 0.6) is 0 Å². The first-order valence-electron chi connectivity index (χ1n) is 8.25. The van der Waals surface area contributed by atoms with Gasteiger partial charge in [0.15, 0.2) is 0 Å². The van der Waals surface area contributed by atoms with Crippen LogP contribution in [0.2, 0.25) is 0 Å². The van der Waals surface area contributed by atoms with Crippen molar-refractivity contribution >= 4 is 29.2 Å². The molecule has 2 rings (SSSR count). The fraction of sp³-hybridized carbons (Fsp3) is 0.588. The lowest BCUT2D eigenvalue weighted by atomic mass is 9.92. The summed E-state index contributed by atoms with van der Waals surface area (Å²) in [7, 11) is 0. The highest BCUT2D eigenvalue weighted by Crippen LogP contribution is 2.24. The highest BCUT2D eigenvalue weighted by molar-refractivity contribution is 7.09. The third-order valence-corrected chi connectivity index (χ3v) is 5.08. The van der Waals surface area contributed by atoms with Crippen LogP contribution in [-0.2, 0) is 16.0 Å². The van der Waals surface area contributed by atoms with E-state index in [2.05, 4.69) is 24.5 Å². The number of thiophene rings is 1. The first-order chi connectivity index (χ1) is 11.3. The average molecular weight is 351 g/mol. The molecule has 1 aromatic heterocycles. The van der Waals surface area contributed by atoms with E-state index < -0.39 is 11.6 Å². The molecule has 0 aliphatic carbocycles. The van der Waals surface area contributed by atoms with Gasteiger partial charge >= 0.3 is 6.03 Å². The lowest BCUT2D eigenvalue weighted by Gasteiger charge is -2.22. The summed E-state index contributed by atoms with van der Waals surface area (Å²) >= 11 is 1.64. The SMILES string of the molecule is CC(C)CC[C@@]1(C)NC(=O)N(CC(=O)NCCc2cccs2)C1=O. The van der Waals surface area contributed by atoms with E-state index in [1.54, 1.807) is 18.3 Å². The second-order valence-electron chi connectivity index (χ2n) is 6.77. The van der Waals surface area contributed by atoms with Gasteiger partial charge in [0.2, 0.25) is 5.91 Å². The Morgan fingerprint density at radius 2 is 2.17 bits per heavy atom. The maximum atomic E-state index is 12.5. The number of carbonyl (C=O) groups excluding carboxylic acids is 3. The predicted octanol–water partition coefficient (Wildman–Crippen LogP) is 2.15. The number of urea groups is 1. The monoisotopic (exact) mass is 351 g/mol. The Balaban J connectivity index is 1.83. The van der Waals surface area contributed by atoms with E-state index in [9.17, 15) is 14.4 Å². The maximum absolute atomic E-state index is 12.5. The van der Waals surface area contributed by atoms with Crippen molar-refractivity contribution in [3.8, 4) is 0 Å². The standard InChI is InChI=1S/C17H25N3O3S/c1-12(2)6-8-17(3)15(22)20(16(23)19-17)11-14(21)18-9-7-13-5-4-10-24-13/h4-5,10,12H,6-9,11H2,1-3H3,(H,18,21)(H,19,23)/t17-/m1/s1. The lowest BCUT2D eigenvalue weighted by Crippen LogP contribution is -2.45. The number of imide groups is 1. The number of nitrogens with zero attached hydrogens (tertiary/aromatic N) is 1. The summed E-state index contributed by atoms with van der Waals surface area (Å²) in [5.41, 5.74) is -0.904. The molecule has 1 aliphatic heterocycles. The van der Waals surface area contributed by atoms with Crippen LogP contribution < -0.4 is 10.6 Å². The van der Waals surface area contributed by atoms with Gasteiger partial charge in [-0.3, -0.25) is 14.5 Å². The number of nitrogens with one attached hydrogen (secondary N) is 2. The van der Waals surface area contributed by atoms with Gasteiger partial charge in [0.25, 0.3) is 5.91 Å². The first-order valence-corrected chi connectivity index (χ1v) is 9.13. The molecule has 7 heteroatoms. The normalized spacial score (nSPS) is 20.6. The van der Waals surface area contributed by atoms with Gasteiger partial charge in [0.1, 0.15) is 12.1 Å². The van der Waals surface area contributed by atoms with Crippen molar-refractivity contribution in [2.45, 2.75) is 45.6 Å². The van der Waals surface area contributed by atoms with Crippen LogP contribution in [0, 0.1) is 5.92 Å². The van der Waals surface area contributed by atoms with Crippen LogP contribution in [0.1, 0.15) is 38.5 Å². The summed E-state index contributed by atoms with van der Waals surface area (Å²) < 4.78 is 0. The third kappa shape index (κ3) is 4.56. The fourth-order valence-corrected chi connectivity index (χ4v) is 3.33. The van der Waals surface area contributed by atoms with E-state index in [1.165, 1.54) is 4.88 Å². The molecule has 0 spiro atoms. The molecule has 1 aromatic rings. The molecule has 1 atom stereocenters. The Morgan fingerprint density at radius 1 is 1.42 bits per heavy atom. The summed E-state index contributed by atoms with van der Waals surface area (Å²) in [5.74, 6) is -0.189. The summed E-state index contributed by atoms with van der Waals surface area (Å²) in [6.45, 7) is 6.14. The summed E-state index contributed by atoms with van der Waals surface area (Å²) in [5, 5.41) is 7.48. The zero-order valence-corrected chi connectivity index (χ0v) is 15.2. The largest absolute Gasteiger partial charge is 0.354 e. The van der Waals surface area contributed by atoms with Crippen molar-refractivity contribution in [3.05, 3.63) is 22.4 Å². The second kappa shape index (κ2) is 7.79. The van der Waals surface area contributed by atoms with Gasteiger partial charge in [-0.15, -0.1) is 11.3 Å². The average Bonchev–Trinajstić information content (AvgIpc) is 3.09. The van der Waals surface area contributed by atoms with Crippen LogP contribution in [0.25, 0.3) is 0 Å². The third-order valence-electron chi connectivity index (χ3n) is 4.14. The Hall–Kier alpha value is -1.89. The van der Waals surface area contributed by atoms with Crippen LogP contribution in [-0.4, -0.2) is 41.4 Å². The summed E-state index contributed by atoms with van der Waals surface area (Å²) in [4.78, 5) is 38.8. The summed E-state index contributed by atoms with van der Waals surface area (Å²) in [6.07, 6.45) is 2.16. The van der Waals surface area contributed by atoms with Gasteiger partial charge in [-0.05, 0) is 43.6 Å². The molecule has 0 aromatic carbocycles. The van der Waals surface area contributed by atoms with Gasteiger partial charge in [-0.2, -0.15) is 0 Å². The Morgan fingerprint density at radius 3 is 2.79 bits per heavy atom. The van der Waals surface area contributed by atoms with E-state index in [-0.39, 0.29) is 18.4 Å². The second-order valence-corrected chi connectivity index (χ2v) is 7.80. The molecule has 2 N–H and O–H groups in total. The summed E-state index contributed by atoms with van der Waals surface area (Å²) in [6, 6.07) is 3.49. The molecule has 24 heavy (non-hydrogen) atoms. The van der Waals surface area contributed by atoms with Gasteiger partial charge in [-0.25, -0.2) is 4.79 Å². The molecule has 1 fully saturated rings. The van der Waals surface area contributed by atoms with Gasteiger partial charge in [-0.1, -0.05) is 19.9 Å². The zero-order valence-electron chi connectivity index (χ0n) is 14.4. The minimum Gasteiger partial charge on any atom is -0.354 e. The molecular formula is C17H25N3O3S. The van der Waals surface area contributed by atoms with Gasteiger partial charge < -0.3 is 10.6 Å². The minimum atomic E-state index is -0.904. The highest BCUT2D eigenvalue weighted by atomic mass is 32.1. The number of hydrogen-bond acceptors (Lipinski definition) is 4. The first kappa shape index (κ1) is 18.4. The van der Waals surface area contributed by atoms with E-state index in [0.717, 1.165) is 17.7 Å². The molecule has 0 radical (unpaired) electrons.